The van der Waals surface area contributed by atoms with Crippen LogP contribution in [0.1, 0.15) is 20.3 Å². The van der Waals surface area contributed by atoms with E-state index < -0.39 is 0 Å². The van der Waals surface area contributed by atoms with Gasteiger partial charge in [-0.15, -0.1) is 0 Å². The molecule has 1 saturated heterocycles. The van der Waals surface area contributed by atoms with Crippen LogP contribution in [0.4, 0.5) is 0 Å². The molecule has 0 bridgehead atoms. The molecule has 0 aliphatic carbocycles. The summed E-state index contributed by atoms with van der Waals surface area (Å²) in [6.45, 7) is 3.73. The van der Waals surface area contributed by atoms with Crippen LogP contribution < -0.4 is 5.32 Å². The number of hydrogen-bond acceptors (Lipinski definition) is 3. The number of carbonyl (C=O) groups is 2. The molecule has 1 fully saturated rings. The lowest BCUT2D eigenvalue weighted by atomic mass is 9.97. The molecule has 1 aliphatic heterocycles. The van der Waals surface area contributed by atoms with Crippen LogP contribution in [0, 0.1) is 5.92 Å². The number of rotatable bonds is 1. The molecule has 0 aromatic carbocycles. The van der Waals surface area contributed by atoms with Crippen molar-refractivity contribution >= 4 is 11.9 Å². The molecule has 4 heteroatoms. The van der Waals surface area contributed by atoms with Crippen molar-refractivity contribution in [1.82, 2.24) is 5.32 Å². The first-order chi connectivity index (χ1) is 5.59. The second-order valence-corrected chi connectivity index (χ2v) is 3.13. The molecule has 1 amide bonds. The fourth-order valence-corrected chi connectivity index (χ4v) is 1.28. The molecular weight excluding hydrogens is 158 g/mol. The maximum atomic E-state index is 10.9. The van der Waals surface area contributed by atoms with Crippen LogP contribution in [-0.4, -0.2) is 24.5 Å². The Kier molecular flexibility index (Phi) is 2.68. The summed E-state index contributed by atoms with van der Waals surface area (Å²) in [5.41, 5.74) is 0. The third-order valence-electron chi connectivity index (χ3n) is 1.96. The van der Waals surface area contributed by atoms with Gasteiger partial charge in [-0.25, -0.2) is 0 Å². The molecule has 0 saturated carbocycles. The Hall–Kier alpha value is -1.06. The van der Waals surface area contributed by atoms with Gasteiger partial charge in [0.05, 0.1) is 6.54 Å². The fourth-order valence-electron chi connectivity index (χ4n) is 1.28. The van der Waals surface area contributed by atoms with E-state index in [1.165, 1.54) is 6.92 Å². The predicted octanol–water partition coefficient (Wildman–Crippen LogP) is 0.0741. The zero-order valence-electron chi connectivity index (χ0n) is 7.29. The molecule has 1 N–H and O–H groups in total. The second-order valence-electron chi connectivity index (χ2n) is 3.13. The third kappa shape index (κ3) is 2.22. The van der Waals surface area contributed by atoms with E-state index in [1.54, 1.807) is 0 Å². The topological polar surface area (TPSA) is 55.4 Å². The molecule has 0 aromatic heterocycles. The van der Waals surface area contributed by atoms with Crippen molar-refractivity contribution in [3.63, 3.8) is 0 Å². The van der Waals surface area contributed by atoms with Crippen molar-refractivity contribution in [2.75, 3.05) is 6.54 Å². The Morgan fingerprint density at radius 3 is 2.83 bits per heavy atom. The Morgan fingerprint density at radius 1 is 1.67 bits per heavy atom. The number of amides is 1. The van der Waals surface area contributed by atoms with Gasteiger partial charge in [-0.05, 0) is 0 Å². The standard InChI is InChI=1S/C8H13NO3/c1-5-3-8(11)9-4-7(5)12-6(2)10/h5,7H,3-4H2,1-2H3,(H,9,11). The minimum Gasteiger partial charge on any atom is -0.460 e. The highest BCUT2D eigenvalue weighted by molar-refractivity contribution is 5.77. The van der Waals surface area contributed by atoms with Crippen LogP contribution in [0.25, 0.3) is 0 Å². The molecule has 2 unspecified atom stereocenters. The van der Waals surface area contributed by atoms with Gasteiger partial charge in [0.2, 0.25) is 5.91 Å². The summed E-state index contributed by atoms with van der Waals surface area (Å²) in [7, 11) is 0. The monoisotopic (exact) mass is 171 g/mol. The Labute approximate surface area is 71.3 Å². The molecule has 0 spiro atoms. The third-order valence-corrected chi connectivity index (χ3v) is 1.96. The van der Waals surface area contributed by atoms with Gasteiger partial charge in [0, 0.05) is 19.3 Å². The predicted molar refractivity (Wildman–Crippen MR) is 42.3 cm³/mol. The lowest BCUT2D eigenvalue weighted by Crippen LogP contribution is -2.45. The molecular formula is C8H13NO3. The first-order valence-electron chi connectivity index (χ1n) is 4.03. The van der Waals surface area contributed by atoms with Gasteiger partial charge in [-0.2, -0.15) is 0 Å². The van der Waals surface area contributed by atoms with Crippen molar-refractivity contribution in [2.24, 2.45) is 5.92 Å². The van der Waals surface area contributed by atoms with E-state index in [-0.39, 0.29) is 23.9 Å². The zero-order chi connectivity index (χ0) is 9.14. The summed E-state index contributed by atoms with van der Waals surface area (Å²) in [6.07, 6.45) is 0.290. The van der Waals surface area contributed by atoms with Crippen molar-refractivity contribution in [1.29, 1.82) is 0 Å². The number of esters is 1. The van der Waals surface area contributed by atoms with Crippen LogP contribution in [0.3, 0.4) is 0 Å². The molecule has 4 nitrogen and oxygen atoms in total. The number of carbonyl (C=O) groups excluding carboxylic acids is 2. The van der Waals surface area contributed by atoms with Gasteiger partial charge in [0.25, 0.3) is 0 Å². The largest absolute Gasteiger partial charge is 0.460 e. The number of ether oxygens (including phenoxy) is 1. The van der Waals surface area contributed by atoms with Gasteiger partial charge in [-0.3, -0.25) is 9.59 Å². The van der Waals surface area contributed by atoms with Crippen LogP contribution in [0.5, 0.6) is 0 Å². The van der Waals surface area contributed by atoms with E-state index in [0.29, 0.717) is 13.0 Å². The average Bonchev–Trinajstić information content (AvgIpc) is 1.94. The smallest absolute Gasteiger partial charge is 0.302 e. The van der Waals surface area contributed by atoms with Gasteiger partial charge in [-0.1, -0.05) is 6.92 Å². The van der Waals surface area contributed by atoms with Crippen LogP contribution in [0.15, 0.2) is 0 Å². The maximum Gasteiger partial charge on any atom is 0.302 e. The summed E-state index contributed by atoms with van der Waals surface area (Å²) in [6, 6.07) is 0. The summed E-state index contributed by atoms with van der Waals surface area (Å²) in [4.78, 5) is 21.5. The van der Waals surface area contributed by atoms with Crippen LogP contribution in [0.2, 0.25) is 0 Å². The lowest BCUT2D eigenvalue weighted by Gasteiger charge is -2.27. The van der Waals surface area contributed by atoms with Crippen molar-refractivity contribution in [2.45, 2.75) is 26.4 Å². The molecule has 0 aromatic rings. The van der Waals surface area contributed by atoms with Gasteiger partial charge in [0.15, 0.2) is 0 Å². The highest BCUT2D eigenvalue weighted by Crippen LogP contribution is 2.15. The van der Waals surface area contributed by atoms with Gasteiger partial charge >= 0.3 is 5.97 Å². The average molecular weight is 171 g/mol. The maximum absolute atomic E-state index is 10.9. The van der Waals surface area contributed by atoms with E-state index in [4.69, 9.17) is 4.74 Å². The minimum atomic E-state index is -0.289. The van der Waals surface area contributed by atoms with Crippen molar-refractivity contribution in [3.8, 4) is 0 Å². The zero-order valence-corrected chi connectivity index (χ0v) is 7.29. The SMILES string of the molecule is CC(=O)OC1CNC(=O)CC1C. The summed E-state index contributed by atoms with van der Waals surface area (Å²) in [5.74, 6) is -0.128. The molecule has 1 heterocycles. The normalized spacial score (nSPS) is 29.3. The molecule has 12 heavy (non-hydrogen) atoms. The summed E-state index contributed by atoms with van der Waals surface area (Å²) in [5, 5.41) is 2.65. The Bertz CT molecular complexity index is 202. The fraction of sp³-hybridized carbons (Fsp3) is 0.750. The van der Waals surface area contributed by atoms with Gasteiger partial charge < -0.3 is 10.1 Å². The molecule has 1 aliphatic rings. The lowest BCUT2D eigenvalue weighted by molar-refractivity contribution is -0.152. The van der Waals surface area contributed by atoms with E-state index in [2.05, 4.69) is 5.32 Å². The van der Waals surface area contributed by atoms with E-state index in [9.17, 15) is 9.59 Å². The number of nitrogens with one attached hydrogen (secondary N) is 1. The molecule has 68 valence electrons. The highest BCUT2D eigenvalue weighted by atomic mass is 16.5. The van der Waals surface area contributed by atoms with Gasteiger partial charge in [0.1, 0.15) is 6.10 Å². The van der Waals surface area contributed by atoms with E-state index in [0.717, 1.165) is 0 Å². The van der Waals surface area contributed by atoms with Crippen molar-refractivity contribution < 1.29 is 14.3 Å². The first kappa shape index (κ1) is 9.03. The Balaban J connectivity index is 2.45. The quantitative estimate of drug-likeness (QED) is 0.568. The second kappa shape index (κ2) is 3.56. The molecule has 0 radical (unpaired) electrons. The summed E-state index contributed by atoms with van der Waals surface area (Å²) < 4.78 is 5.00. The molecule has 2 atom stereocenters. The Morgan fingerprint density at radius 2 is 2.33 bits per heavy atom. The minimum absolute atomic E-state index is 0.0332. The summed E-state index contributed by atoms with van der Waals surface area (Å²) >= 11 is 0. The van der Waals surface area contributed by atoms with E-state index in [1.807, 2.05) is 6.92 Å². The first-order valence-corrected chi connectivity index (χ1v) is 4.03. The number of hydrogen-bond donors (Lipinski definition) is 1. The number of piperidine rings is 1. The van der Waals surface area contributed by atoms with Crippen LogP contribution in [-0.2, 0) is 14.3 Å². The molecule has 1 rings (SSSR count). The van der Waals surface area contributed by atoms with Crippen molar-refractivity contribution in [3.05, 3.63) is 0 Å². The van der Waals surface area contributed by atoms with E-state index >= 15 is 0 Å². The highest BCUT2D eigenvalue weighted by Gasteiger charge is 2.27. The van der Waals surface area contributed by atoms with Crippen LogP contribution >= 0.6 is 0 Å².